The van der Waals surface area contributed by atoms with E-state index in [-0.39, 0.29) is 18.4 Å². The van der Waals surface area contributed by atoms with Crippen LogP contribution in [0.5, 0.6) is 0 Å². The van der Waals surface area contributed by atoms with Crippen LogP contribution < -0.4 is 5.73 Å². The molecule has 1 atom stereocenters. The van der Waals surface area contributed by atoms with E-state index in [1.165, 1.54) is 0 Å². The second kappa shape index (κ2) is 5.88. The van der Waals surface area contributed by atoms with Gasteiger partial charge in [0.2, 0.25) is 5.91 Å². The molecule has 1 aliphatic heterocycles. The lowest BCUT2D eigenvalue weighted by atomic mass is 9.84. The van der Waals surface area contributed by atoms with Crippen molar-refractivity contribution in [1.29, 1.82) is 0 Å². The van der Waals surface area contributed by atoms with Gasteiger partial charge in [0.15, 0.2) is 0 Å². The average Bonchev–Trinajstić information content (AvgIpc) is 2.88. The SMILES string of the molecule is NCC1(C(=O)N2CCOCC2CC(=O)O)CCCC1. The lowest BCUT2D eigenvalue weighted by Gasteiger charge is -2.40. The maximum absolute atomic E-state index is 12.7. The maximum Gasteiger partial charge on any atom is 0.305 e. The number of ether oxygens (including phenoxy) is 1. The van der Waals surface area contributed by atoms with Gasteiger partial charge in [-0.15, -0.1) is 0 Å². The molecular formula is C13H22N2O4. The van der Waals surface area contributed by atoms with Crippen molar-refractivity contribution >= 4 is 11.9 Å². The molecule has 1 saturated carbocycles. The van der Waals surface area contributed by atoms with Gasteiger partial charge in [-0.3, -0.25) is 9.59 Å². The minimum Gasteiger partial charge on any atom is -0.481 e. The summed E-state index contributed by atoms with van der Waals surface area (Å²) in [6.07, 6.45) is 3.62. The number of carboxylic acids is 1. The number of carboxylic acid groups (broad SMARTS) is 1. The molecule has 1 heterocycles. The predicted octanol–water partition coefficient (Wildman–Crippen LogP) is 0.208. The number of morpholine rings is 1. The Kier molecular flexibility index (Phi) is 4.42. The molecule has 0 aromatic rings. The zero-order chi connectivity index (χ0) is 13.9. The van der Waals surface area contributed by atoms with Crippen LogP contribution in [-0.4, -0.2) is 54.2 Å². The van der Waals surface area contributed by atoms with Gasteiger partial charge in [0.05, 0.1) is 31.1 Å². The van der Waals surface area contributed by atoms with Crippen molar-refractivity contribution in [1.82, 2.24) is 4.90 Å². The normalized spacial score (nSPS) is 26.4. The van der Waals surface area contributed by atoms with E-state index in [0.29, 0.717) is 26.3 Å². The molecule has 0 spiro atoms. The van der Waals surface area contributed by atoms with Crippen LogP contribution in [0.4, 0.5) is 0 Å². The van der Waals surface area contributed by atoms with Crippen LogP contribution in [0.25, 0.3) is 0 Å². The van der Waals surface area contributed by atoms with Crippen LogP contribution in [-0.2, 0) is 14.3 Å². The zero-order valence-electron chi connectivity index (χ0n) is 11.1. The minimum absolute atomic E-state index is 0.0297. The Bertz CT molecular complexity index is 353. The molecule has 0 bridgehead atoms. The summed E-state index contributed by atoms with van der Waals surface area (Å²) in [4.78, 5) is 25.3. The predicted molar refractivity (Wildman–Crippen MR) is 68.5 cm³/mol. The van der Waals surface area contributed by atoms with Gasteiger partial charge in [0.1, 0.15) is 0 Å². The molecule has 0 aromatic carbocycles. The van der Waals surface area contributed by atoms with E-state index in [4.69, 9.17) is 15.6 Å². The Labute approximate surface area is 112 Å². The number of nitrogens with two attached hydrogens (primary N) is 1. The maximum atomic E-state index is 12.7. The van der Waals surface area contributed by atoms with Gasteiger partial charge >= 0.3 is 5.97 Å². The van der Waals surface area contributed by atoms with Gasteiger partial charge in [0.25, 0.3) is 0 Å². The highest BCUT2D eigenvalue weighted by molar-refractivity contribution is 5.84. The third-order valence-corrected chi connectivity index (χ3v) is 4.30. The molecule has 0 aromatic heterocycles. The molecule has 2 rings (SSSR count). The van der Waals surface area contributed by atoms with Gasteiger partial charge in [-0.2, -0.15) is 0 Å². The Morgan fingerprint density at radius 2 is 2.05 bits per heavy atom. The summed E-state index contributed by atoms with van der Waals surface area (Å²) in [6.45, 7) is 1.60. The van der Waals surface area contributed by atoms with Crippen LogP contribution in [0, 0.1) is 5.41 Å². The first kappa shape index (κ1) is 14.3. The Morgan fingerprint density at radius 1 is 1.37 bits per heavy atom. The lowest BCUT2D eigenvalue weighted by molar-refractivity contribution is -0.153. The fourth-order valence-electron chi connectivity index (χ4n) is 3.15. The van der Waals surface area contributed by atoms with Gasteiger partial charge in [0, 0.05) is 13.1 Å². The van der Waals surface area contributed by atoms with E-state index < -0.39 is 11.4 Å². The first-order valence-corrected chi connectivity index (χ1v) is 6.90. The van der Waals surface area contributed by atoms with Gasteiger partial charge < -0.3 is 20.5 Å². The smallest absolute Gasteiger partial charge is 0.305 e. The van der Waals surface area contributed by atoms with Crippen molar-refractivity contribution in [2.45, 2.75) is 38.1 Å². The summed E-state index contributed by atoms with van der Waals surface area (Å²) in [5, 5.41) is 8.93. The van der Waals surface area contributed by atoms with Crippen LogP contribution >= 0.6 is 0 Å². The molecule has 6 heteroatoms. The highest BCUT2D eigenvalue weighted by Crippen LogP contribution is 2.39. The summed E-state index contributed by atoms with van der Waals surface area (Å²) in [5.41, 5.74) is 5.36. The highest BCUT2D eigenvalue weighted by Gasteiger charge is 2.44. The number of nitrogens with zero attached hydrogens (tertiary/aromatic N) is 1. The van der Waals surface area contributed by atoms with Crippen LogP contribution in [0.3, 0.4) is 0 Å². The molecule has 2 aliphatic rings. The van der Waals surface area contributed by atoms with Crippen molar-refractivity contribution in [3.63, 3.8) is 0 Å². The third-order valence-electron chi connectivity index (χ3n) is 4.30. The van der Waals surface area contributed by atoms with Gasteiger partial charge in [-0.05, 0) is 12.8 Å². The summed E-state index contributed by atoms with van der Waals surface area (Å²) < 4.78 is 5.30. The van der Waals surface area contributed by atoms with Crippen molar-refractivity contribution in [3.8, 4) is 0 Å². The molecule has 1 aliphatic carbocycles. The Balaban J connectivity index is 2.12. The van der Waals surface area contributed by atoms with Crippen LogP contribution in [0.2, 0.25) is 0 Å². The largest absolute Gasteiger partial charge is 0.481 e. The number of amides is 1. The highest BCUT2D eigenvalue weighted by atomic mass is 16.5. The molecule has 19 heavy (non-hydrogen) atoms. The number of rotatable bonds is 4. The molecule has 1 amide bonds. The van der Waals surface area contributed by atoms with E-state index in [1.807, 2.05) is 0 Å². The molecule has 108 valence electrons. The van der Waals surface area contributed by atoms with E-state index in [2.05, 4.69) is 0 Å². The van der Waals surface area contributed by atoms with Gasteiger partial charge in [-0.25, -0.2) is 0 Å². The standard InChI is InChI=1S/C13H22N2O4/c14-9-13(3-1-2-4-13)12(18)15-5-6-19-8-10(15)7-11(16)17/h10H,1-9,14H2,(H,16,17). The summed E-state index contributed by atoms with van der Waals surface area (Å²) in [7, 11) is 0. The van der Waals surface area contributed by atoms with Crippen molar-refractivity contribution in [3.05, 3.63) is 0 Å². The number of hydrogen-bond donors (Lipinski definition) is 2. The number of aliphatic carboxylic acids is 1. The van der Waals surface area contributed by atoms with E-state index in [1.54, 1.807) is 4.90 Å². The molecule has 0 radical (unpaired) electrons. The van der Waals surface area contributed by atoms with Crippen molar-refractivity contribution < 1.29 is 19.4 Å². The summed E-state index contributed by atoms with van der Waals surface area (Å²) in [6, 6.07) is -0.359. The number of carbonyl (C=O) groups excluding carboxylic acids is 1. The molecule has 3 N–H and O–H groups in total. The first-order chi connectivity index (χ1) is 9.09. The first-order valence-electron chi connectivity index (χ1n) is 6.90. The van der Waals surface area contributed by atoms with Crippen molar-refractivity contribution in [2.24, 2.45) is 11.1 Å². The molecule has 2 fully saturated rings. The van der Waals surface area contributed by atoms with E-state index in [9.17, 15) is 9.59 Å². The van der Waals surface area contributed by atoms with Crippen LogP contribution in [0.15, 0.2) is 0 Å². The topological polar surface area (TPSA) is 92.9 Å². The fourth-order valence-corrected chi connectivity index (χ4v) is 3.15. The summed E-state index contributed by atoms with van der Waals surface area (Å²) in [5.74, 6) is -0.872. The molecular weight excluding hydrogens is 248 g/mol. The number of hydrogen-bond acceptors (Lipinski definition) is 4. The third kappa shape index (κ3) is 2.90. The molecule has 6 nitrogen and oxygen atoms in total. The Hall–Kier alpha value is -1.14. The molecule has 1 saturated heterocycles. The van der Waals surface area contributed by atoms with Crippen molar-refractivity contribution in [2.75, 3.05) is 26.3 Å². The lowest BCUT2D eigenvalue weighted by Crippen LogP contribution is -2.55. The van der Waals surface area contributed by atoms with E-state index in [0.717, 1.165) is 25.7 Å². The quantitative estimate of drug-likeness (QED) is 0.761. The monoisotopic (exact) mass is 270 g/mol. The summed E-state index contributed by atoms with van der Waals surface area (Å²) >= 11 is 0. The Morgan fingerprint density at radius 3 is 2.63 bits per heavy atom. The van der Waals surface area contributed by atoms with E-state index >= 15 is 0 Å². The zero-order valence-corrected chi connectivity index (χ0v) is 11.1. The second-order valence-corrected chi connectivity index (χ2v) is 5.52. The van der Waals surface area contributed by atoms with Crippen LogP contribution in [0.1, 0.15) is 32.1 Å². The van der Waals surface area contributed by atoms with Gasteiger partial charge in [-0.1, -0.05) is 12.8 Å². The number of carbonyl (C=O) groups is 2. The fraction of sp³-hybridized carbons (Fsp3) is 0.846. The second-order valence-electron chi connectivity index (χ2n) is 5.52. The average molecular weight is 270 g/mol. The minimum atomic E-state index is -0.901. The molecule has 1 unspecified atom stereocenters.